The number of aromatic nitrogens is 2. The van der Waals surface area contributed by atoms with E-state index in [2.05, 4.69) is 15.2 Å². The van der Waals surface area contributed by atoms with Crippen molar-refractivity contribution >= 4 is 40.0 Å². The zero-order valence-corrected chi connectivity index (χ0v) is 16.6. The van der Waals surface area contributed by atoms with E-state index in [1.807, 2.05) is 25.2 Å². The van der Waals surface area contributed by atoms with Crippen molar-refractivity contribution in [2.45, 2.75) is 18.8 Å². The van der Waals surface area contributed by atoms with E-state index in [4.69, 9.17) is 26.1 Å². The first-order valence-corrected chi connectivity index (χ1v) is 9.34. The summed E-state index contributed by atoms with van der Waals surface area (Å²) in [6.45, 7) is 0. The van der Waals surface area contributed by atoms with Crippen LogP contribution in [0.2, 0.25) is 5.02 Å². The lowest BCUT2D eigenvalue weighted by Crippen LogP contribution is -2.19. The first-order valence-electron chi connectivity index (χ1n) is 8.96. The van der Waals surface area contributed by atoms with Gasteiger partial charge in [0.15, 0.2) is 0 Å². The van der Waals surface area contributed by atoms with Gasteiger partial charge in [0, 0.05) is 24.7 Å². The van der Waals surface area contributed by atoms with Crippen molar-refractivity contribution < 1.29 is 14.3 Å². The molecule has 146 valence electrons. The summed E-state index contributed by atoms with van der Waals surface area (Å²) in [6, 6.07) is 8.50. The Labute approximate surface area is 167 Å². The number of benzene rings is 2. The van der Waals surface area contributed by atoms with Gasteiger partial charge in [-0.2, -0.15) is 0 Å². The number of fused-ring (bicyclic) bond motifs is 1. The minimum atomic E-state index is -0.405. The summed E-state index contributed by atoms with van der Waals surface area (Å²) in [4.78, 5) is 17.2. The van der Waals surface area contributed by atoms with Gasteiger partial charge in [0.1, 0.15) is 17.3 Å². The number of urea groups is 1. The molecule has 1 heterocycles. The summed E-state index contributed by atoms with van der Waals surface area (Å²) in [5, 5.41) is 5.96. The smallest absolute Gasteiger partial charge is 0.323 e. The largest absolute Gasteiger partial charge is 0.495 e. The molecule has 0 unspecified atom stereocenters. The second kappa shape index (κ2) is 7.24. The number of ether oxygens (including phenoxy) is 2. The average Bonchev–Trinajstić information content (AvgIpc) is 3.46. The number of hydrogen-bond donors (Lipinski definition) is 2. The van der Waals surface area contributed by atoms with E-state index in [1.165, 1.54) is 27.1 Å². The fraction of sp³-hybridized carbons (Fsp3) is 0.300. The highest BCUT2D eigenvalue weighted by Crippen LogP contribution is 2.40. The molecule has 2 N–H and O–H groups in total. The van der Waals surface area contributed by atoms with Gasteiger partial charge in [0.2, 0.25) is 0 Å². The summed E-state index contributed by atoms with van der Waals surface area (Å²) in [6.07, 6.45) is 2.38. The normalized spacial score (nSPS) is 13.4. The van der Waals surface area contributed by atoms with Crippen molar-refractivity contribution in [2.24, 2.45) is 7.05 Å². The Hall–Kier alpha value is -2.93. The van der Waals surface area contributed by atoms with E-state index in [0.717, 1.165) is 16.9 Å². The van der Waals surface area contributed by atoms with Crippen molar-refractivity contribution in [1.29, 1.82) is 0 Å². The fourth-order valence-corrected chi connectivity index (χ4v) is 3.49. The molecule has 1 aliphatic rings. The molecule has 1 aromatic heterocycles. The number of carbonyl (C=O) groups excluding carboxylic acids is 1. The van der Waals surface area contributed by atoms with E-state index in [-0.39, 0.29) is 0 Å². The van der Waals surface area contributed by atoms with E-state index < -0.39 is 6.03 Å². The minimum absolute atomic E-state index is 0.376. The SMILES string of the molecule is COc1cc(OC)c(NC(=O)Nc2ccc3c(c2)nc(C2CC2)n3C)cc1Cl. The van der Waals surface area contributed by atoms with Gasteiger partial charge in [-0.05, 0) is 37.1 Å². The molecule has 8 heteroatoms. The standard InChI is InChI=1S/C20H21ClN4O3/c1-25-16-7-6-12(8-14(16)23-19(25)11-4-5-11)22-20(26)24-15-9-13(21)17(27-2)10-18(15)28-3/h6-11H,4-5H2,1-3H3,(H2,22,24,26). The summed E-state index contributed by atoms with van der Waals surface area (Å²) < 4.78 is 12.6. The predicted molar refractivity (Wildman–Crippen MR) is 110 cm³/mol. The molecule has 0 spiro atoms. The van der Waals surface area contributed by atoms with Crippen molar-refractivity contribution in [3.05, 3.63) is 41.2 Å². The number of rotatable bonds is 5. The summed E-state index contributed by atoms with van der Waals surface area (Å²) in [7, 11) is 5.06. The van der Waals surface area contributed by atoms with Gasteiger partial charge < -0.3 is 24.7 Å². The van der Waals surface area contributed by atoms with Crippen LogP contribution in [0.3, 0.4) is 0 Å². The minimum Gasteiger partial charge on any atom is -0.495 e. The van der Waals surface area contributed by atoms with Gasteiger partial charge in [0.25, 0.3) is 0 Å². The molecule has 2 amide bonds. The molecule has 0 saturated heterocycles. The zero-order valence-electron chi connectivity index (χ0n) is 15.9. The first-order chi connectivity index (χ1) is 13.5. The lowest BCUT2D eigenvalue weighted by atomic mass is 10.2. The molecule has 2 aromatic carbocycles. The lowest BCUT2D eigenvalue weighted by molar-refractivity contribution is 0.262. The van der Waals surface area contributed by atoms with Crippen molar-refractivity contribution in [1.82, 2.24) is 9.55 Å². The number of amides is 2. The number of imidazole rings is 1. The maximum Gasteiger partial charge on any atom is 0.323 e. The third kappa shape index (κ3) is 3.45. The van der Waals surface area contributed by atoms with Crippen LogP contribution in [0, 0.1) is 0 Å². The van der Waals surface area contributed by atoms with Crippen LogP contribution in [0.15, 0.2) is 30.3 Å². The number of aryl methyl sites for hydroxylation is 1. The molecule has 1 aliphatic carbocycles. The van der Waals surface area contributed by atoms with E-state index in [9.17, 15) is 4.79 Å². The average molecular weight is 401 g/mol. The van der Waals surface area contributed by atoms with Crippen LogP contribution in [0.5, 0.6) is 11.5 Å². The molecule has 7 nitrogen and oxygen atoms in total. The number of nitrogens with one attached hydrogen (secondary N) is 2. The second-order valence-electron chi connectivity index (χ2n) is 6.77. The molecule has 0 aliphatic heterocycles. The molecular formula is C20H21ClN4O3. The van der Waals surface area contributed by atoms with Crippen LogP contribution >= 0.6 is 11.6 Å². The Morgan fingerprint density at radius 2 is 1.89 bits per heavy atom. The van der Waals surface area contributed by atoms with Gasteiger partial charge in [-0.15, -0.1) is 0 Å². The molecule has 0 bridgehead atoms. The van der Waals surface area contributed by atoms with Crippen LogP contribution in [0.4, 0.5) is 16.2 Å². The molecule has 28 heavy (non-hydrogen) atoms. The summed E-state index contributed by atoms with van der Waals surface area (Å²) in [5.41, 5.74) is 3.02. The number of carbonyl (C=O) groups is 1. The number of halogens is 1. The predicted octanol–water partition coefficient (Wildman–Crippen LogP) is 4.77. The van der Waals surface area contributed by atoms with Crippen molar-refractivity contribution in [2.75, 3.05) is 24.9 Å². The van der Waals surface area contributed by atoms with Crippen LogP contribution < -0.4 is 20.1 Å². The van der Waals surface area contributed by atoms with E-state index >= 15 is 0 Å². The van der Waals surface area contributed by atoms with E-state index in [1.54, 1.807) is 12.1 Å². The van der Waals surface area contributed by atoms with Gasteiger partial charge in [0.05, 0.1) is 36.0 Å². The highest BCUT2D eigenvalue weighted by molar-refractivity contribution is 6.32. The quantitative estimate of drug-likeness (QED) is 0.647. The van der Waals surface area contributed by atoms with Crippen molar-refractivity contribution in [3.8, 4) is 11.5 Å². The number of methoxy groups -OCH3 is 2. The van der Waals surface area contributed by atoms with Crippen molar-refractivity contribution in [3.63, 3.8) is 0 Å². The van der Waals surface area contributed by atoms with Crippen LogP contribution in [-0.4, -0.2) is 29.8 Å². The highest BCUT2D eigenvalue weighted by Gasteiger charge is 2.28. The fourth-order valence-electron chi connectivity index (χ4n) is 3.25. The summed E-state index contributed by atoms with van der Waals surface area (Å²) >= 11 is 6.15. The maximum absolute atomic E-state index is 12.5. The third-order valence-corrected chi connectivity index (χ3v) is 5.13. The highest BCUT2D eigenvalue weighted by atomic mass is 35.5. The van der Waals surface area contributed by atoms with Gasteiger partial charge in [-0.1, -0.05) is 11.6 Å². The lowest BCUT2D eigenvalue weighted by Gasteiger charge is -2.13. The summed E-state index contributed by atoms with van der Waals surface area (Å²) in [5.74, 6) is 2.58. The zero-order chi connectivity index (χ0) is 19.8. The van der Waals surface area contributed by atoms with Gasteiger partial charge in [-0.3, -0.25) is 0 Å². The van der Waals surface area contributed by atoms with E-state index in [0.29, 0.717) is 33.8 Å². The third-order valence-electron chi connectivity index (χ3n) is 4.84. The molecule has 4 rings (SSSR count). The Kier molecular flexibility index (Phi) is 4.77. The monoisotopic (exact) mass is 400 g/mol. The Morgan fingerprint density at radius 3 is 2.57 bits per heavy atom. The molecule has 0 radical (unpaired) electrons. The van der Waals surface area contributed by atoms with Gasteiger partial charge in [-0.25, -0.2) is 9.78 Å². The Morgan fingerprint density at radius 1 is 1.14 bits per heavy atom. The number of nitrogens with zero attached hydrogens (tertiary/aromatic N) is 2. The number of hydrogen-bond acceptors (Lipinski definition) is 4. The second-order valence-corrected chi connectivity index (χ2v) is 7.18. The molecule has 0 atom stereocenters. The molecule has 3 aromatic rings. The Balaban J connectivity index is 1.53. The first kappa shape index (κ1) is 18.4. The van der Waals surface area contributed by atoms with Gasteiger partial charge >= 0.3 is 6.03 Å². The van der Waals surface area contributed by atoms with Crippen LogP contribution in [0.25, 0.3) is 11.0 Å². The topological polar surface area (TPSA) is 77.4 Å². The van der Waals surface area contributed by atoms with Crippen LogP contribution in [-0.2, 0) is 7.05 Å². The Bertz CT molecular complexity index is 1060. The number of anilines is 2. The van der Waals surface area contributed by atoms with Crippen LogP contribution in [0.1, 0.15) is 24.6 Å². The maximum atomic E-state index is 12.5. The molecular weight excluding hydrogens is 380 g/mol. The molecule has 1 fully saturated rings. The molecule has 1 saturated carbocycles.